The molecule has 1 atom stereocenters. The highest BCUT2D eigenvalue weighted by Gasteiger charge is 2.41. The molecule has 0 saturated carbocycles. The molecular formula is C17H21F3N2O2. The van der Waals surface area contributed by atoms with E-state index in [9.17, 15) is 18.0 Å². The van der Waals surface area contributed by atoms with Crippen molar-refractivity contribution >= 4 is 5.91 Å². The Morgan fingerprint density at radius 1 is 1.25 bits per heavy atom. The summed E-state index contributed by atoms with van der Waals surface area (Å²) in [5.74, 6) is 0.403. The minimum absolute atomic E-state index is 0.176. The van der Waals surface area contributed by atoms with E-state index in [-0.39, 0.29) is 6.54 Å². The first kappa shape index (κ1) is 17.1. The minimum atomic E-state index is -4.34. The van der Waals surface area contributed by atoms with Gasteiger partial charge in [0.2, 0.25) is 5.91 Å². The molecule has 1 saturated heterocycles. The Kier molecular flexibility index (Phi) is 4.71. The predicted molar refractivity (Wildman–Crippen MR) is 82.8 cm³/mol. The second-order valence-corrected chi connectivity index (χ2v) is 6.39. The van der Waals surface area contributed by atoms with Crippen LogP contribution in [0.25, 0.3) is 0 Å². The Morgan fingerprint density at radius 2 is 2.04 bits per heavy atom. The van der Waals surface area contributed by atoms with Crippen LogP contribution in [0, 0.1) is 0 Å². The molecule has 3 rings (SSSR count). The number of hydrogen-bond acceptors (Lipinski definition) is 3. The lowest BCUT2D eigenvalue weighted by molar-refractivity contribution is -0.159. The van der Waals surface area contributed by atoms with Crippen LogP contribution in [-0.2, 0) is 17.8 Å². The number of carbonyl (C=O) groups excluding carboxylic acids is 1. The number of ether oxygens (including phenoxy) is 1. The summed E-state index contributed by atoms with van der Waals surface area (Å²) in [6, 6.07) is 5.43. The van der Waals surface area contributed by atoms with Crippen LogP contribution in [0.15, 0.2) is 18.2 Å². The van der Waals surface area contributed by atoms with Crippen molar-refractivity contribution in [1.82, 2.24) is 9.80 Å². The highest BCUT2D eigenvalue weighted by molar-refractivity contribution is 5.84. The molecule has 1 amide bonds. The third-order valence-corrected chi connectivity index (χ3v) is 4.76. The maximum absolute atomic E-state index is 12.6. The molecule has 1 aromatic carbocycles. The second kappa shape index (κ2) is 6.63. The van der Waals surface area contributed by atoms with E-state index >= 15 is 0 Å². The molecule has 0 unspecified atom stereocenters. The van der Waals surface area contributed by atoms with Gasteiger partial charge in [0.05, 0.1) is 13.2 Å². The maximum Gasteiger partial charge on any atom is 0.406 e. The molecule has 4 nitrogen and oxygen atoms in total. The molecule has 0 radical (unpaired) electrons. The highest BCUT2D eigenvalue weighted by Crippen LogP contribution is 2.28. The molecule has 24 heavy (non-hydrogen) atoms. The summed E-state index contributed by atoms with van der Waals surface area (Å²) in [5.41, 5.74) is 2.31. The molecule has 0 aromatic heterocycles. The molecule has 0 spiro atoms. The van der Waals surface area contributed by atoms with Gasteiger partial charge in [-0.05, 0) is 49.1 Å². The van der Waals surface area contributed by atoms with Gasteiger partial charge in [-0.25, -0.2) is 0 Å². The van der Waals surface area contributed by atoms with Gasteiger partial charge in [0.1, 0.15) is 12.3 Å². The lowest BCUT2D eigenvalue weighted by Crippen LogP contribution is -2.43. The van der Waals surface area contributed by atoms with Crippen molar-refractivity contribution in [1.29, 1.82) is 0 Å². The maximum atomic E-state index is 12.6. The average Bonchev–Trinajstić information content (AvgIpc) is 2.75. The number of likely N-dealkylation sites (tertiary alicyclic amines) is 1. The van der Waals surface area contributed by atoms with Crippen LogP contribution in [0.3, 0.4) is 0 Å². The van der Waals surface area contributed by atoms with E-state index in [1.54, 1.807) is 7.11 Å². The smallest absolute Gasteiger partial charge is 0.406 e. The number of benzene rings is 1. The molecule has 0 N–H and O–H groups in total. The SMILES string of the molecule is COc1ccc2c(c1)CCCN([C@H]1CCN(CC(F)(F)F)C1=O)C2. The zero-order valence-corrected chi connectivity index (χ0v) is 13.6. The quantitative estimate of drug-likeness (QED) is 0.847. The molecule has 2 aliphatic rings. The molecule has 0 aliphatic carbocycles. The third kappa shape index (κ3) is 3.66. The largest absolute Gasteiger partial charge is 0.497 e. The first-order valence-electron chi connectivity index (χ1n) is 8.13. The van der Waals surface area contributed by atoms with E-state index in [1.165, 1.54) is 5.56 Å². The molecule has 0 bridgehead atoms. The van der Waals surface area contributed by atoms with Crippen LogP contribution >= 0.6 is 0 Å². The number of fused-ring (bicyclic) bond motifs is 1. The Bertz CT molecular complexity index is 618. The first-order valence-corrected chi connectivity index (χ1v) is 8.13. The lowest BCUT2D eigenvalue weighted by Gasteiger charge is -2.27. The van der Waals surface area contributed by atoms with Crippen LogP contribution < -0.4 is 4.74 Å². The highest BCUT2D eigenvalue weighted by atomic mass is 19.4. The number of alkyl halides is 3. The van der Waals surface area contributed by atoms with Crippen LogP contribution in [0.2, 0.25) is 0 Å². The van der Waals surface area contributed by atoms with E-state index < -0.39 is 24.7 Å². The van der Waals surface area contributed by atoms with E-state index in [2.05, 4.69) is 0 Å². The third-order valence-electron chi connectivity index (χ3n) is 4.76. The summed E-state index contributed by atoms with van der Waals surface area (Å²) < 4.78 is 42.9. The number of methoxy groups -OCH3 is 1. The van der Waals surface area contributed by atoms with Crippen molar-refractivity contribution in [2.45, 2.75) is 38.0 Å². The van der Waals surface area contributed by atoms with Crippen molar-refractivity contribution in [2.24, 2.45) is 0 Å². The van der Waals surface area contributed by atoms with Crippen molar-refractivity contribution in [2.75, 3.05) is 26.7 Å². The fourth-order valence-corrected chi connectivity index (χ4v) is 3.59. The Hall–Kier alpha value is -1.76. The van der Waals surface area contributed by atoms with Crippen LogP contribution in [-0.4, -0.2) is 54.7 Å². The number of halogens is 3. The average molecular weight is 342 g/mol. The van der Waals surface area contributed by atoms with Crippen LogP contribution in [0.5, 0.6) is 5.75 Å². The fourth-order valence-electron chi connectivity index (χ4n) is 3.59. The van der Waals surface area contributed by atoms with Crippen molar-refractivity contribution in [3.63, 3.8) is 0 Å². The number of aryl methyl sites for hydroxylation is 1. The van der Waals surface area contributed by atoms with Crippen molar-refractivity contribution < 1.29 is 22.7 Å². The van der Waals surface area contributed by atoms with E-state index in [4.69, 9.17) is 4.74 Å². The zero-order chi connectivity index (χ0) is 17.3. The van der Waals surface area contributed by atoms with Gasteiger partial charge < -0.3 is 9.64 Å². The van der Waals surface area contributed by atoms with Gasteiger partial charge >= 0.3 is 6.18 Å². The first-order chi connectivity index (χ1) is 11.4. The van der Waals surface area contributed by atoms with Crippen LogP contribution in [0.4, 0.5) is 13.2 Å². The van der Waals surface area contributed by atoms with Crippen molar-refractivity contribution in [3.8, 4) is 5.75 Å². The van der Waals surface area contributed by atoms with Gasteiger partial charge in [-0.15, -0.1) is 0 Å². The summed E-state index contributed by atoms with van der Waals surface area (Å²) in [4.78, 5) is 15.3. The molecular weight excluding hydrogens is 321 g/mol. The van der Waals surface area contributed by atoms with E-state index in [0.717, 1.165) is 29.1 Å². The number of nitrogens with zero attached hydrogens (tertiary/aromatic N) is 2. The van der Waals surface area contributed by atoms with Crippen LogP contribution in [0.1, 0.15) is 24.0 Å². The number of amides is 1. The Labute approximate surface area is 139 Å². The Balaban J connectivity index is 1.72. The lowest BCUT2D eigenvalue weighted by atomic mass is 10.0. The molecule has 7 heteroatoms. The molecule has 1 fully saturated rings. The number of rotatable bonds is 3. The van der Waals surface area contributed by atoms with Gasteiger partial charge in [0, 0.05) is 13.1 Å². The summed E-state index contributed by atoms with van der Waals surface area (Å²) in [7, 11) is 1.62. The second-order valence-electron chi connectivity index (χ2n) is 6.39. The van der Waals surface area contributed by atoms with Gasteiger partial charge in [-0.2, -0.15) is 13.2 Å². The minimum Gasteiger partial charge on any atom is -0.497 e. The van der Waals surface area contributed by atoms with Gasteiger partial charge in [-0.1, -0.05) is 6.07 Å². The van der Waals surface area contributed by atoms with Gasteiger partial charge in [0.15, 0.2) is 0 Å². The number of carbonyl (C=O) groups is 1. The molecule has 132 valence electrons. The van der Waals surface area contributed by atoms with Gasteiger partial charge in [0.25, 0.3) is 0 Å². The molecule has 1 aromatic rings. The predicted octanol–water partition coefficient (Wildman–Crippen LogP) is 2.61. The summed E-state index contributed by atoms with van der Waals surface area (Å²) in [5, 5.41) is 0. The molecule has 2 heterocycles. The summed E-state index contributed by atoms with van der Waals surface area (Å²) in [6.07, 6.45) is -2.12. The standard InChI is InChI=1S/C17H21F3N2O2/c1-24-14-5-4-13-10-21(7-2-3-12(13)9-14)15-6-8-22(16(15)23)11-17(18,19)20/h4-5,9,15H,2-3,6-8,10-11H2,1H3/t15-/m0/s1. The van der Waals surface area contributed by atoms with Crippen molar-refractivity contribution in [3.05, 3.63) is 29.3 Å². The monoisotopic (exact) mass is 342 g/mol. The normalized spacial score (nSPS) is 22.4. The van der Waals surface area contributed by atoms with Gasteiger partial charge in [-0.3, -0.25) is 9.69 Å². The zero-order valence-electron chi connectivity index (χ0n) is 13.6. The Morgan fingerprint density at radius 3 is 2.75 bits per heavy atom. The topological polar surface area (TPSA) is 32.8 Å². The van der Waals surface area contributed by atoms with E-state index in [0.29, 0.717) is 19.5 Å². The molecule has 2 aliphatic heterocycles. The van der Waals surface area contributed by atoms with E-state index in [1.807, 2.05) is 23.1 Å². The fraction of sp³-hybridized carbons (Fsp3) is 0.588. The number of hydrogen-bond donors (Lipinski definition) is 0. The summed E-state index contributed by atoms with van der Waals surface area (Å²) in [6.45, 7) is 0.335. The summed E-state index contributed by atoms with van der Waals surface area (Å²) >= 11 is 0.